The van der Waals surface area contributed by atoms with Crippen LogP contribution in [0.15, 0.2) is 30.3 Å². The molecule has 0 aromatic heterocycles. The number of aliphatic carboxylic acids is 1. The lowest BCUT2D eigenvalue weighted by Crippen LogP contribution is -2.37. The van der Waals surface area contributed by atoms with Gasteiger partial charge < -0.3 is 15.2 Å². The maximum Gasteiger partial charge on any atom is 0.420 e. The molecule has 0 saturated heterocycles. The van der Waals surface area contributed by atoms with Gasteiger partial charge in [-0.1, -0.05) is 32.0 Å². The highest BCUT2D eigenvalue weighted by atomic mass is 19.4. The largest absolute Gasteiger partial charge is 0.490 e. The van der Waals surface area contributed by atoms with E-state index in [4.69, 9.17) is 4.74 Å². The Morgan fingerprint density at radius 3 is 2.31 bits per heavy atom. The van der Waals surface area contributed by atoms with E-state index in [2.05, 4.69) is 12.2 Å². The SMILES string of the molecule is CCC(NC1CCC(C(=O)O)CC1)c1ccc2ccc(OC3CCC(C)CC3)c(C(F)(F)F)c2c1. The fraction of sp³-hybridized carbons (Fsp3) is 0.607. The van der Waals surface area contributed by atoms with E-state index in [1.807, 2.05) is 13.0 Å². The van der Waals surface area contributed by atoms with Crippen molar-refractivity contribution in [3.63, 3.8) is 0 Å². The predicted molar refractivity (Wildman–Crippen MR) is 131 cm³/mol. The van der Waals surface area contributed by atoms with E-state index in [1.54, 1.807) is 18.2 Å². The molecule has 0 radical (unpaired) electrons. The van der Waals surface area contributed by atoms with Crippen molar-refractivity contribution in [2.24, 2.45) is 11.8 Å². The second-order valence-electron chi connectivity index (χ2n) is 10.4. The van der Waals surface area contributed by atoms with Crippen LogP contribution in [0.1, 0.15) is 88.8 Å². The third kappa shape index (κ3) is 6.11. The van der Waals surface area contributed by atoms with Gasteiger partial charge in [-0.05, 0) is 92.2 Å². The molecule has 192 valence electrons. The summed E-state index contributed by atoms with van der Waals surface area (Å²) < 4.78 is 49.0. The summed E-state index contributed by atoms with van der Waals surface area (Å²) >= 11 is 0. The van der Waals surface area contributed by atoms with Gasteiger partial charge in [0, 0.05) is 12.1 Å². The minimum Gasteiger partial charge on any atom is -0.490 e. The first-order chi connectivity index (χ1) is 16.7. The van der Waals surface area contributed by atoms with Crippen LogP contribution in [-0.2, 0) is 11.0 Å². The lowest BCUT2D eigenvalue weighted by Gasteiger charge is -2.31. The molecule has 35 heavy (non-hydrogen) atoms. The first kappa shape index (κ1) is 25.8. The molecule has 7 heteroatoms. The first-order valence-corrected chi connectivity index (χ1v) is 12.9. The summed E-state index contributed by atoms with van der Waals surface area (Å²) in [4.78, 5) is 11.2. The van der Waals surface area contributed by atoms with E-state index in [0.717, 1.165) is 50.5 Å². The first-order valence-electron chi connectivity index (χ1n) is 12.9. The molecule has 2 saturated carbocycles. The molecule has 4 nitrogen and oxygen atoms in total. The van der Waals surface area contributed by atoms with E-state index < -0.39 is 17.7 Å². The van der Waals surface area contributed by atoms with Crippen molar-refractivity contribution in [2.45, 2.75) is 96.0 Å². The number of carbonyl (C=O) groups is 1. The normalized spacial score (nSPS) is 26.4. The average Bonchev–Trinajstić information content (AvgIpc) is 2.83. The van der Waals surface area contributed by atoms with Crippen LogP contribution in [0.5, 0.6) is 5.75 Å². The molecule has 0 bridgehead atoms. The van der Waals surface area contributed by atoms with E-state index in [1.165, 1.54) is 6.07 Å². The van der Waals surface area contributed by atoms with E-state index in [-0.39, 0.29) is 35.2 Å². The van der Waals surface area contributed by atoms with Gasteiger partial charge in [-0.3, -0.25) is 4.79 Å². The molecule has 0 aliphatic heterocycles. The van der Waals surface area contributed by atoms with Gasteiger partial charge in [0.2, 0.25) is 0 Å². The van der Waals surface area contributed by atoms with Gasteiger partial charge in [0.1, 0.15) is 11.3 Å². The Hall–Kier alpha value is -2.28. The predicted octanol–water partition coefficient (Wildman–Crippen LogP) is 7.50. The third-order valence-electron chi connectivity index (χ3n) is 7.87. The summed E-state index contributed by atoms with van der Waals surface area (Å²) in [5, 5.41) is 13.5. The topological polar surface area (TPSA) is 58.6 Å². The number of alkyl halides is 3. The summed E-state index contributed by atoms with van der Waals surface area (Å²) in [6, 6.07) is 8.58. The van der Waals surface area contributed by atoms with Crippen molar-refractivity contribution in [2.75, 3.05) is 0 Å². The standard InChI is InChI=1S/C28H36F3NO3/c1-3-24(32-21-11-8-19(9-12-21)27(33)34)20-7-6-18-10-15-25(26(23(18)16-20)28(29,30)31)35-22-13-4-17(2)5-14-22/h6-7,10,15-17,19,21-22,24,32H,3-5,8-9,11-14H2,1-2H3,(H,33,34). The molecule has 1 unspecified atom stereocenters. The summed E-state index contributed by atoms with van der Waals surface area (Å²) in [6.07, 6.45) is 2.29. The highest BCUT2D eigenvalue weighted by molar-refractivity contribution is 5.89. The average molecular weight is 492 g/mol. The molecule has 2 aromatic rings. The van der Waals surface area contributed by atoms with Crippen molar-refractivity contribution in [1.29, 1.82) is 0 Å². The van der Waals surface area contributed by atoms with Gasteiger partial charge in [-0.15, -0.1) is 0 Å². The number of rotatable bonds is 7. The van der Waals surface area contributed by atoms with Crippen LogP contribution in [0.25, 0.3) is 10.8 Å². The molecule has 0 amide bonds. The van der Waals surface area contributed by atoms with Crippen molar-refractivity contribution in [3.05, 3.63) is 41.5 Å². The third-order valence-corrected chi connectivity index (χ3v) is 7.87. The molecule has 2 aliphatic rings. The maximum atomic E-state index is 14.3. The highest BCUT2D eigenvalue weighted by Crippen LogP contribution is 2.43. The molecule has 2 N–H and O–H groups in total. The Morgan fingerprint density at radius 2 is 1.71 bits per heavy atom. The van der Waals surface area contributed by atoms with Gasteiger partial charge in [-0.25, -0.2) is 0 Å². The highest BCUT2D eigenvalue weighted by Gasteiger charge is 2.37. The lowest BCUT2D eigenvalue weighted by molar-refractivity contribution is -0.143. The maximum absolute atomic E-state index is 14.3. The van der Waals surface area contributed by atoms with Crippen LogP contribution in [0.4, 0.5) is 13.2 Å². The molecule has 2 aliphatic carbocycles. The Bertz CT molecular complexity index is 1020. The number of benzene rings is 2. The van der Waals surface area contributed by atoms with Crippen molar-refractivity contribution >= 4 is 16.7 Å². The molecule has 1 atom stereocenters. The smallest absolute Gasteiger partial charge is 0.420 e. The van der Waals surface area contributed by atoms with Crippen LogP contribution in [-0.4, -0.2) is 23.2 Å². The summed E-state index contributed by atoms with van der Waals surface area (Å²) in [7, 11) is 0. The second-order valence-corrected chi connectivity index (χ2v) is 10.4. The van der Waals surface area contributed by atoms with Crippen molar-refractivity contribution in [3.8, 4) is 5.75 Å². The zero-order valence-electron chi connectivity index (χ0n) is 20.5. The molecule has 0 heterocycles. The summed E-state index contributed by atoms with van der Waals surface area (Å²) in [6.45, 7) is 4.18. The number of carboxylic acids is 1. The minimum atomic E-state index is -4.53. The van der Waals surface area contributed by atoms with Crippen LogP contribution in [0, 0.1) is 11.8 Å². The Morgan fingerprint density at radius 1 is 1.06 bits per heavy atom. The number of halogens is 3. The number of nitrogens with one attached hydrogen (secondary N) is 1. The number of hydrogen-bond donors (Lipinski definition) is 2. The number of carboxylic acid groups (broad SMARTS) is 1. The van der Waals surface area contributed by atoms with Gasteiger partial charge in [0.05, 0.1) is 12.0 Å². The van der Waals surface area contributed by atoms with Gasteiger partial charge >= 0.3 is 12.1 Å². The molecular weight excluding hydrogens is 455 g/mol. The van der Waals surface area contributed by atoms with Crippen molar-refractivity contribution < 1.29 is 27.8 Å². The van der Waals surface area contributed by atoms with Gasteiger partial charge in [0.25, 0.3) is 0 Å². The zero-order valence-corrected chi connectivity index (χ0v) is 20.5. The van der Waals surface area contributed by atoms with E-state index in [0.29, 0.717) is 24.1 Å². The molecule has 0 spiro atoms. The van der Waals surface area contributed by atoms with Crippen LogP contribution in [0.2, 0.25) is 0 Å². The van der Waals surface area contributed by atoms with Crippen molar-refractivity contribution in [1.82, 2.24) is 5.32 Å². The molecule has 2 aromatic carbocycles. The van der Waals surface area contributed by atoms with Crippen LogP contribution < -0.4 is 10.1 Å². The second kappa shape index (κ2) is 10.8. The van der Waals surface area contributed by atoms with E-state index >= 15 is 0 Å². The Balaban J connectivity index is 1.60. The lowest BCUT2D eigenvalue weighted by atomic mass is 9.85. The minimum absolute atomic E-state index is 0.0743. The Labute approximate surface area is 205 Å². The fourth-order valence-corrected chi connectivity index (χ4v) is 5.69. The van der Waals surface area contributed by atoms with E-state index in [9.17, 15) is 23.1 Å². The van der Waals surface area contributed by atoms with Crippen LogP contribution in [0.3, 0.4) is 0 Å². The monoisotopic (exact) mass is 491 g/mol. The fourth-order valence-electron chi connectivity index (χ4n) is 5.69. The summed E-state index contributed by atoms with van der Waals surface area (Å²) in [5.74, 6) is -0.525. The molecular formula is C28H36F3NO3. The summed E-state index contributed by atoms with van der Waals surface area (Å²) in [5.41, 5.74) is 0.127. The number of fused-ring (bicyclic) bond motifs is 1. The zero-order chi connectivity index (χ0) is 25.2. The van der Waals surface area contributed by atoms with Crippen LogP contribution >= 0.6 is 0 Å². The Kier molecular flexibility index (Phi) is 7.94. The van der Waals surface area contributed by atoms with Gasteiger partial charge in [0.15, 0.2) is 0 Å². The van der Waals surface area contributed by atoms with Gasteiger partial charge in [-0.2, -0.15) is 13.2 Å². The number of hydrogen-bond acceptors (Lipinski definition) is 3. The number of ether oxygens (including phenoxy) is 1. The molecule has 4 rings (SSSR count). The molecule has 2 fully saturated rings. The quantitative estimate of drug-likeness (QED) is 0.421.